The summed E-state index contributed by atoms with van der Waals surface area (Å²) in [6, 6.07) is 3.82. The summed E-state index contributed by atoms with van der Waals surface area (Å²) >= 11 is 1.50. The number of carbonyl (C=O) groups excluding carboxylic acids is 1. The molecule has 0 unspecified atom stereocenters. The molecule has 1 rings (SSSR count). The van der Waals surface area contributed by atoms with Gasteiger partial charge in [0, 0.05) is 11.4 Å². The number of thiophene rings is 1. The highest BCUT2D eigenvalue weighted by Gasteiger charge is 2.09. The third kappa shape index (κ3) is 3.59. The second kappa shape index (κ2) is 6.62. The Balaban J connectivity index is 2.60. The van der Waals surface area contributed by atoms with Crippen molar-refractivity contribution in [2.75, 3.05) is 13.1 Å². The summed E-state index contributed by atoms with van der Waals surface area (Å²) in [6.07, 6.45) is 1.15. The van der Waals surface area contributed by atoms with Gasteiger partial charge in [0.1, 0.15) is 0 Å². The number of carbonyl (C=O) groups is 1. The minimum atomic E-state index is -0.213. The normalized spacial score (nSPS) is 10.8. The van der Waals surface area contributed by atoms with E-state index >= 15 is 0 Å². The van der Waals surface area contributed by atoms with E-state index in [0.717, 1.165) is 26.1 Å². The first-order chi connectivity index (χ1) is 7.71. The van der Waals surface area contributed by atoms with E-state index < -0.39 is 0 Å². The van der Waals surface area contributed by atoms with Crippen molar-refractivity contribution in [3.8, 4) is 0 Å². The van der Waals surface area contributed by atoms with Crippen molar-refractivity contribution in [1.82, 2.24) is 10.3 Å². The van der Waals surface area contributed by atoms with Crippen LogP contribution < -0.4 is 11.3 Å². The van der Waals surface area contributed by atoms with Gasteiger partial charge in [0.25, 0.3) is 5.91 Å². The fourth-order valence-electron chi connectivity index (χ4n) is 1.54. The number of nitrogens with two attached hydrogens (primary N) is 1. The van der Waals surface area contributed by atoms with Crippen molar-refractivity contribution in [1.29, 1.82) is 0 Å². The van der Waals surface area contributed by atoms with Crippen LogP contribution in [-0.4, -0.2) is 23.9 Å². The minimum absolute atomic E-state index is 0.213. The molecule has 1 amide bonds. The van der Waals surface area contributed by atoms with Crippen molar-refractivity contribution in [3.63, 3.8) is 0 Å². The molecule has 5 heteroatoms. The number of nitrogen functional groups attached to an aromatic ring is 1. The predicted molar refractivity (Wildman–Crippen MR) is 67.2 cm³/mol. The number of nitrogens with one attached hydrogen (secondary N) is 1. The Morgan fingerprint density at radius 3 is 2.81 bits per heavy atom. The second-order valence-corrected chi connectivity index (χ2v) is 4.78. The monoisotopic (exact) mass is 241 g/mol. The summed E-state index contributed by atoms with van der Waals surface area (Å²) in [5.41, 5.74) is 2.14. The lowest BCUT2D eigenvalue weighted by molar-refractivity contribution is 0.0957. The van der Waals surface area contributed by atoms with E-state index in [-0.39, 0.29) is 5.91 Å². The van der Waals surface area contributed by atoms with Crippen LogP contribution in [0.1, 0.15) is 34.8 Å². The van der Waals surface area contributed by atoms with Gasteiger partial charge in [0.2, 0.25) is 0 Å². The Bertz CT molecular complexity index is 338. The predicted octanol–water partition coefficient (Wildman–Crippen LogP) is 1.58. The summed E-state index contributed by atoms with van der Waals surface area (Å²) in [5, 5.41) is 0. The molecule has 0 aliphatic carbocycles. The lowest BCUT2D eigenvalue weighted by atomic mass is 10.3. The van der Waals surface area contributed by atoms with Crippen molar-refractivity contribution >= 4 is 17.2 Å². The molecular formula is C11H19N3OS. The van der Waals surface area contributed by atoms with E-state index in [1.165, 1.54) is 16.2 Å². The van der Waals surface area contributed by atoms with E-state index in [2.05, 4.69) is 24.2 Å². The molecule has 0 spiro atoms. The quantitative estimate of drug-likeness (QED) is 0.452. The van der Waals surface area contributed by atoms with E-state index in [1.807, 2.05) is 12.1 Å². The molecule has 0 atom stereocenters. The molecule has 0 aliphatic heterocycles. The molecular weight excluding hydrogens is 222 g/mol. The van der Waals surface area contributed by atoms with Gasteiger partial charge < -0.3 is 0 Å². The van der Waals surface area contributed by atoms with Crippen LogP contribution >= 0.6 is 11.3 Å². The van der Waals surface area contributed by atoms with Gasteiger partial charge in [-0.05, 0) is 31.6 Å². The number of hydrogen-bond donors (Lipinski definition) is 2. The standard InChI is InChI=1S/C11H19N3OS/c1-3-7-14(4-2)8-9-5-6-10(16-9)11(15)13-12/h5-6H,3-4,7-8,12H2,1-2H3,(H,13,15). The van der Waals surface area contributed by atoms with Crippen LogP contribution in [0, 0.1) is 0 Å². The number of amides is 1. The van der Waals surface area contributed by atoms with Gasteiger partial charge in [-0.25, -0.2) is 5.84 Å². The SMILES string of the molecule is CCCN(CC)Cc1ccc(C(=O)NN)s1. The lowest BCUT2D eigenvalue weighted by Crippen LogP contribution is -2.29. The van der Waals surface area contributed by atoms with Crippen LogP contribution in [0.4, 0.5) is 0 Å². The topological polar surface area (TPSA) is 58.4 Å². The summed E-state index contributed by atoms with van der Waals surface area (Å²) < 4.78 is 0. The van der Waals surface area contributed by atoms with Gasteiger partial charge in [-0.3, -0.25) is 15.1 Å². The molecule has 1 aromatic heterocycles. The Hall–Kier alpha value is -0.910. The molecule has 3 N–H and O–H groups in total. The Labute approximate surface area is 100 Å². The fraction of sp³-hybridized carbons (Fsp3) is 0.545. The molecule has 1 aromatic rings. The Kier molecular flexibility index (Phi) is 5.45. The van der Waals surface area contributed by atoms with Crippen molar-refractivity contribution in [3.05, 3.63) is 21.9 Å². The summed E-state index contributed by atoms with van der Waals surface area (Å²) in [4.78, 5) is 15.5. The maximum atomic E-state index is 11.3. The number of hydrazine groups is 1. The first-order valence-corrected chi connectivity index (χ1v) is 6.34. The summed E-state index contributed by atoms with van der Waals surface area (Å²) in [6.45, 7) is 7.35. The molecule has 0 saturated carbocycles. The van der Waals surface area contributed by atoms with E-state index in [4.69, 9.17) is 5.84 Å². The highest BCUT2D eigenvalue weighted by molar-refractivity contribution is 7.14. The molecule has 0 bridgehead atoms. The highest BCUT2D eigenvalue weighted by atomic mass is 32.1. The second-order valence-electron chi connectivity index (χ2n) is 3.61. The highest BCUT2D eigenvalue weighted by Crippen LogP contribution is 2.18. The maximum Gasteiger partial charge on any atom is 0.275 e. The number of nitrogens with zero attached hydrogens (tertiary/aromatic N) is 1. The van der Waals surface area contributed by atoms with Gasteiger partial charge in [0.05, 0.1) is 4.88 Å². The fourth-order valence-corrected chi connectivity index (χ4v) is 2.50. The third-order valence-corrected chi connectivity index (χ3v) is 3.45. The van der Waals surface area contributed by atoms with Crippen LogP contribution in [0.3, 0.4) is 0 Å². The summed E-state index contributed by atoms with van der Waals surface area (Å²) in [7, 11) is 0. The van der Waals surface area contributed by atoms with Crippen molar-refractivity contribution in [2.45, 2.75) is 26.8 Å². The van der Waals surface area contributed by atoms with Crippen molar-refractivity contribution in [2.24, 2.45) is 5.84 Å². The minimum Gasteiger partial charge on any atom is -0.299 e. The van der Waals surface area contributed by atoms with Crippen molar-refractivity contribution < 1.29 is 4.79 Å². The number of rotatable bonds is 6. The zero-order chi connectivity index (χ0) is 12.0. The van der Waals surface area contributed by atoms with Gasteiger partial charge in [-0.2, -0.15) is 0 Å². The largest absolute Gasteiger partial charge is 0.299 e. The zero-order valence-electron chi connectivity index (χ0n) is 9.82. The van der Waals surface area contributed by atoms with Gasteiger partial charge >= 0.3 is 0 Å². The first-order valence-electron chi connectivity index (χ1n) is 5.53. The molecule has 0 aliphatic rings. The smallest absolute Gasteiger partial charge is 0.275 e. The van der Waals surface area contributed by atoms with E-state index in [1.54, 1.807) is 0 Å². The summed E-state index contributed by atoms with van der Waals surface area (Å²) in [5.74, 6) is 4.87. The van der Waals surface area contributed by atoms with Gasteiger partial charge in [-0.15, -0.1) is 11.3 Å². The molecule has 0 saturated heterocycles. The molecule has 0 aromatic carbocycles. The van der Waals surface area contributed by atoms with E-state index in [0.29, 0.717) is 4.88 Å². The molecule has 4 nitrogen and oxygen atoms in total. The molecule has 16 heavy (non-hydrogen) atoms. The average Bonchev–Trinajstić information content (AvgIpc) is 2.76. The third-order valence-electron chi connectivity index (χ3n) is 2.38. The van der Waals surface area contributed by atoms with Crippen LogP contribution in [0.2, 0.25) is 0 Å². The molecule has 1 heterocycles. The van der Waals surface area contributed by atoms with Crippen LogP contribution in [-0.2, 0) is 6.54 Å². The molecule has 90 valence electrons. The van der Waals surface area contributed by atoms with Crippen LogP contribution in [0.25, 0.3) is 0 Å². The first kappa shape index (κ1) is 13.2. The Morgan fingerprint density at radius 1 is 1.50 bits per heavy atom. The van der Waals surface area contributed by atoms with Gasteiger partial charge in [-0.1, -0.05) is 13.8 Å². The Morgan fingerprint density at radius 2 is 2.25 bits per heavy atom. The zero-order valence-corrected chi connectivity index (χ0v) is 10.6. The number of hydrogen-bond acceptors (Lipinski definition) is 4. The van der Waals surface area contributed by atoms with Crippen LogP contribution in [0.15, 0.2) is 12.1 Å². The van der Waals surface area contributed by atoms with Gasteiger partial charge in [0.15, 0.2) is 0 Å². The average molecular weight is 241 g/mol. The van der Waals surface area contributed by atoms with E-state index in [9.17, 15) is 4.79 Å². The lowest BCUT2D eigenvalue weighted by Gasteiger charge is -2.18. The molecule has 0 fully saturated rings. The molecule has 0 radical (unpaired) electrons. The van der Waals surface area contributed by atoms with Crippen LogP contribution in [0.5, 0.6) is 0 Å². The maximum absolute atomic E-state index is 11.3.